The monoisotopic (exact) mass is 314 g/mol. The molecule has 3 aliphatic rings. The van der Waals surface area contributed by atoms with Crippen molar-refractivity contribution in [2.45, 2.75) is 39.3 Å². The van der Waals surface area contributed by atoms with Crippen molar-refractivity contribution < 1.29 is 9.90 Å². The number of hydrogen-bond acceptors (Lipinski definition) is 4. The van der Waals surface area contributed by atoms with Crippen LogP contribution in [0.4, 0.5) is 0 Å². The highest BCUT2D eigenvalue weighted by Gasteiger charge is 2.52. The Hall–Kier alpha value is -2.24. The number of allylic oxidation sites excluding steroid dienone is 2. The smallest absolute Gasteiger partial charge is 0.339 e. The zero-order valence-electron chi connectivity index (χ0n) is 13.5. The second kappa shape index (κ2) is 4.88. The fourth-order valence-electron chi connectivity index (χ4n) is 3.50. The minimum Gasteiger partial charge on any atom is -0.478 e. The van der Waals surface area contributed by atoms with Crippen LogP contribution in [0.15, 0.2) is 29.7 Å². The van der Waals surface area contributed by atoms with Gasteiger partial charge in [-0.15, -0.1) is 0 Å². The minimum atomic E-state index is -0.925. The van der Waals surface area contributed by atoms with E-state index in [4.69, 9.17) is 5.11 Å². The van der Waals surface area contributed by atoms with Crippen molar-refractivity contribution in [3.8, 4) is 0 Å². The summed E-state index contributed by atoms with van der Waals surface area (Å²) in [5.74, 6) is 0.285. The first-order chi connectivity index (χ1) is 11.0. The van der Waals surface area contributed by atoms with Gasteiger partial charge in [0.1, 0.15) is 11.4 Å². The number of nitrogens with one attached hydrogen (secondary N) is 1. The van der Waals surface area contributed by atoms with Gasteiger partial charge >= 0.3 is 5.97 Å². The maximum Gasteiger partial charge on any atom is 0.339 e. The van der Waals surface area contributed by atoms with Crippen molar-refractivity contribution >= 4 is 5.97 Å². The Kier molecular flexibility index (Phi) is 3.04. The van der Waals surface area contributed by atoms with E-state index in [1.165, 1.54) is 37.3 Å². The molecule has 2 fully saturated rings. The molecule has 23 heavy (non-hydrogen) atoms. The number of carboxylic acids is 1. The molecule has 1 aliphatic carbocycles. The van der Waals surface area contributed by atoms with Crippen molar-refractivity contribution in [1.82, 2.24) is 20.0 Å². The van der Waals surface area contributed by atoms with Gasteiger partial charge in [0.25, 0.3) is 0 Å². The van der Waals surface area contributed by atoms with Gasteiger partial charge in [-0.3, -0.25) is 4.68 Å². The maximum absolute atomic E-state index is 11.1. The topological polar surface area (TPSA) is 70.4 Å². The average molecular weight is 314 g/mol. The molecule has 1 aromatic heterocycles. The number of carbonyl (C=O) groups is 1. The molecule has 1 aromatic rings. The number of nitrogens with zero attached hydrogens (tertiary/aromatic N) is 3. The molecule has 0 aromatic carbocycles. The first-order valence-electron chi connectivity index (χ1n) is 8.15. The lowest BCUT2D eigenvalue weighted by molar-refractivity contribution is 0.0696. The van der Waals surface area contributed by atoms with Gasteiger partial charge in [-0.05, 0) is 38.3 Å². The van der Waals surface area contributed by atoms with E-state index in [1.807, 2.05) is 0 Å². The number of carboxylic acid groups (broad SMARTS) is 1. The van der Waals surface area contributed by atoms with E-state index in [9.17, 15) is 4.79 Å². The lowest BCUT2D eigenvalue weighted by Gasteiger charge is -2.45. The van der Waals surface area contributed by atoms with E-state index in [0.29, 0.717) is 17.7 Å². The van der Waals surface area contributed by atoms with Gasteiger partial charge < -0.3 is 15.3 Å². The highest BCUT2D eigenvalue weighted by Crippen LogP contribution is 2.53. The molecule has 0 amide bonds. The van der Waals surface area contributed by atoms with E-state index >= 15 is 0 Å². The van der Waals surface area contributed by atoms with Crippen LogP contribution < -0.4 is 5.32 Å². The molecule has 1 spiro atoms. The number of hydrogen-bond donors (Lipinski definition) is 2. The van der Waals surface area contributed by atoms with Crippen LogP contribution in [0.1, 0.15) is 35.8 Å². The quantitative estimate of drug-likeness (QED) is 0.886. The SMILES string of the molecule is Cc1nn(CC2=CC=C(N3CC4(CC4)C3)NC2C)cc1C(=O)O. The minimum absolute atomic E-state index is 0.225. The predicted octanol–water partition coefficient (Wildman–Crippen LogP) is 1.75. The first kappa shape index (κ1) is 14.4. The van der Waals surface area contributed by atoms with E-state index < -0.39 is 5.97 Å². The van der Waals surface area contributed by atoms with Crippen LogP contribution in [0.3, 0.4) is 0 Å². The van der Waals surface area contributed by atoms with Gasteiger partial charge in [-0.2, -0.15) is 5.10 Å². The summed E-state index contributed by atoms with van der Waals surface area (Å²) in [7, 11) is 0. The summed E-state index contributed by atoms with van der Waals surface area (Å²) in [6.45, 7) is 6.84. The molecule has 1 unspecified atom stereocenters. The fourth-order valence-corrected chi connectivity index (χ4v) is 3.50. The van der Waals surface area contributed by atoms with Crippen LogP contribution >= 0.6 is 0 Å². The molecule has 2 N–H and O–H groups in total. The van der Waals surface area contributed by atoms with Crippen LogP contribution in [-0.4, -0.2) is 44.9 Å². The molecule has 0 bridgehead atoms. The third-order valence-corrected chi connectivity index (χ3v) is 5.25. The third kappa shape index (κ3) is 2.52. The van der Waals surface area contributed by atoms with Crippen LogP contribution in [-0.2, 0) is 6.54 Å². The van der Waals surface area contributed by atoms with Crippen molar-refractivity contribution in [1.29, 1.82) is 0 Å². The average Bonchev–Trinajstić information content (AvgIpc) is 3.17. The van der Waals surface area contributed by atoms with Crippen LogP contribution in [0, 0.1) is 12.3 Å². The van der Waals surface area contributed by atoms with E-state index in [1.54, 1.807) is 17.8 Å². The highest BCUT2D eigenvalue weighted by molar-refractivity contribution is 5.88. The number of rotatable bonds is 4. The molecular formula is C17H22N4O2. The molecule has 4 rings (SSSR count). The molecule has 0 radical (unpaired) electrons. The van der Waals surface area contributed by atoms with Crippen molar-refractivity contribution in [2.75, 3.05) is 13.1 Å². The Bertz CT molecular complexity index is 719. The number of dihydropyridines is 1. The summed E-state index contributed by atoms with van der Waals surface area (Å²) in [6, 6.07) is 0.225. The van der Waals surface area contributed by atoms with E-state index in [-0.39, 0.29) is 11.6 Å². The summed E-state index contributed by atoms with van der Waals surface area (Å²) in [5, 5.41) is 17.0. The molecule has 1 saturated carbocycles. The zero-order valence-corrected chi connectivity index (χ0v) is 13.5. The van der Waals surface area contributed by atoms with Crippen molar-refractivity contribution in [3.05, 3.63) is 41.0 Å². The van der Waals surface area contributed by atoms with Gasteiger partial charge in [0, 0.05) is 30.7 Å². The molecule has 1 atom stereocenters. The lowest BCUT2D eigenvalue weighted by atomic mass is 9.96. The summed E-state index contributed by atoms with van der Waals surface area (Å²) in [5.41, 5.74) is 2.68. The largest absolute Gasteiger partial charge is 0.478 e. The Morgan fingerprint density at radius 1 is 1.43 bits per heavy atom. The Labute approximate surface area is 135 Å². The van der Waals surface area contributed by atoms with Gasteiger partial charge in [0.05, 0.1) is 12.2 Å². The molecule has 122 valence electrons. The molecule has 2 aliphatic heterocycles. The van der Waals surface area contributed by atoms with Crippen LogP contribution in [0.2, 0.25) is 0 Å². The lowest BCUT2D eigenvalue weighted by Crippen LogP contribution is -2.52. The maximum atomic E-state index is 11.1. The van der Waals surface area contributed by atoms with E-state index in [2.05, 4.69) is 34.4 Å². The Morgan fingerprint density at radius 2 is 2.17 bits per heavy atom. The molecule has 6 nitrogen and oxygen atoms in total. The highest BCUT2D eigenvalue weighted by atomic mass is 16.4. The summed E-state index contributed by atoms with van der Waals surface area (Å²) in [6.07, 6.45) is 8.66. The first-order valence-corrected chi connectivity index (χ1v) is 8.15. The van der Waals surface area contributed by atoms with Gasteiger partial charge in [-0.25, -0.2) is 4.79 Å². The number of aryl methyl sites for hydroxylation is 1. The third-order valence-electron chi connectivity index (χ3n) is 5.25. The Morgan fingerprint density at radius 3 is 2.74 bits per heavy atom. The van der Waals surface area contributed by atoms with Crippen molar-refractivity contribution in [3.63, 3.8) is 0 Å². The van der Waals surface area contributed by atoms with Gasteiger partial charge in [0.15, 0.2) is 0 Å². The molecule has 6 heteroatoms. The fraction of sp³-hybridized carbons (Fsp3) is 0.529. The summed E-state index contributed by atoms with van der Waals surface area (Å²) in [4.78, 5) is 13.5. The van der Waals surface area contributed by atoms with E-state index in [0.717, 1.165) is 0 Å². The van der Waals surface area contributed by atoms with Crippen molar-refractivity contribution in [2.24, 2.45) is 5.41 Å². The second-order valence-corrected chi connectivity index (χ2v) is 7.15. The summed E-state index contributed by atoms with van der Waals surface area (Å²) >= 11 is 0. The molecule has 1 saturated heterocycles. The van der Waals surface area contributed by atoms with Crippen LogP contribution in [0.5, 0.6) is 0 Å². The Balaban J connectivity index is 1.46. The van der Waals surface area contributed by atoms with Gasteiger partial charge in [-0.1, -0.05) is 6.08 Å². The predicted molar refractivity (Wildman–Crippen MR) is 85.9 cm³/mol. The number of likely N-dealkylation sites (tertiary alicyclic amines) is 1. The zero-order chi connectivity index (χ0) is 16.2. The normalized spacial score (nSPS) is 24.6. The summed E-state index contributed by atoms with van der Waals surface area (Å²) < 4.78 is 1.71. The second-order valence-electron chi connectivity index (χ2n) is 7.15. The standard InChI is InChI=1S/C17H22N4O2/c1-11-13(7-21-8-14(16(22)23)12(2)19-21)3-4-15(18-11)20-9-17(10-20)5-6-17/h3-4,8,11,18H,5-7,9-10H2,1-2H3,(H,22,23). The number of aromatic nitrogens is 2. The number of aromatic carboxylic acids is 1. The van der Waals surface area contributed by atoms with Crippen LogP contribution in [0.25, 0.3) is 0 Å². The molecule has 3 heterocycles. The van der Waals surface area contributed by atoms with Gasteiger partial charge in [0.2, 0.25) is 0 Å². The molecular weight excluding hydrogens is 292 g/mol.